The third-order valence-electron chi connectivity index (χ3n) is 4.60. The highest BCUT2D eigenvalue weighted by Crippen LogP contribution is 2.43. The van der Waals surface area contributed by atoms with Crippen LogP contribution in [0.4, 0.5) is 0 Å². The topological polar surface area (TPSA) is 40.5 Å². The molecule has 0 fully saturated rings. The summed E-state index contributed by atoms with van der Waals surface area (Å²) in [5.41, 5.74) is 1.17. The Morgan fingerprint density at radius 2 is 1.52 bits per heavy atom. The van der Waals surface area contributed by atoms with Gasteiger partial charge in [0, 0.05) is 28.3 Å². The number of halogens is 1. The number of aliphatic hydroxyl groups is 1. The molecule has 1 amide bonds. The maximum Gasteiger partial charge on any atom is 0.257 e. The van der Waals surface area contributed by atoms with Crippen LogP contribution in [0.2, 0.25) is 5.02 Å². The monoisotopic (exact) mass is 349 g/mol. The molecule has 0 saturated carbocycles. The van der Waals surface area contributed by atoms with Gasteiger partial charge in [-0.25, -0.2) is 0 Å². The first-order valence-electron chi connectivity index (χ1n) is 8.04. The molecule has 0 aliphatic carbocycles. The smallest absolute Gasteiger partial charge is 0.257 e. The van der Waals surface area contributed by atoms with Crippen molar-refractivity contribution >= 4 is 17.5 Å². The lowest BCUT2D eigenvalue weighted by Gasteiger charge is -2.35. The summed E-state index contributed by atoms with van der Waals surface area (Å²) in [5, 5.41) is 12.2. The summed E-state index contributed by atoms with van der Waals surface area (Å²) in [5.74, 6) is -0.183. The van der Waals surface area contributed by atoms with Crippen molar-refractivity contribution in [3.05, 3.63) is 106 Å². The van der Waals surface area contributed by atoms with Crippen LogP contribution in [-0.4, -0.2) is 15.9 Å². The first-order valence-corrected chi connectivity index (χ1v) is 8.42. The Morgan fingerprint density at radius 1 is 0.880 bits per heavy atom. The highest BCUT2D eigenvalue weighted by Gasteiger charge is 2.49. The van der Waals surface area contributed by atoms with Crippen molar-refractivity contribution < 1.29 is 9.90 Å². The summed E-state index contributed by atoms with van der Waals surface area (Å²) >= 11 is 6.00. The van der Waals surface area contributed by atoms with Gasteiger partial charge in [-0.15, -0.1) is 0 Å². The van der Waals surface area contributed by atoms with Crippen LogP contribution in [0.5, 0.6) is 0 Å². The second-order valence-electron chi connectivity index (χ2n) is 6.10. The summed E-state index contributed by atoms with van der Waals surface area (Å²) in [4.78, 5) is 14.5. The molecule has 0 radical (unpaired) electrons. The molecule has 1 heterocycles. The minimum Gasteiger partial charge on any atom is -0.363 e. The van der Waals surface area contributed by atoms with E-state index in [1.54, 1.807) is 36.4 Å². The van der Waals surface area contributed by atoms with Gasteiger partial charge in [0.1, 0.15) is 0 Å². The average molecular weight is 350 g/mol. The van der Waals surface area contributed by atoms with Crippen molar-refractivity contribution in [3.8, 4) is 0 Å². The van der Waals surface area contributed by atoms with E-state index in [1.165, 1.54) is 4.90 Å². The van der Waals surface area contributed by atoms with Gasteiger partial charge in [0.25, 0.3) is 5.91 Å². The predicted octanol–water partition coefficient (Wildman–Crippen LogP) is 4.19. The predicted molar refractivity (Wildman–Crippen MR) is 97.2 cm³/mol. The van der Waals surface area contributed by atoms with Gasteiger partial charge in [-0.3, -0.25) is 9.69 Å². The molecule has 0 unspecified atom stereocenters. The Bertz CT molecular complexity index is 924. The lowest BCUT2D eigenvalue weighted by molar-refractivity contribution is -0.0542. The van der Waals surface area contributed by atoms with Crippen LogP contribution in [0.3, 0.4) is 0 Å². The molecule has 3 nitrogen and oxygen atoms in total. The van der Waals surface area contributed by atoms with Gasteiger partial charge in [-0.05, 0) is 23.8 Å². The fourth-order valence-electron chi connectivity index (χ4n) is 3.36. The zero-order valence-electron chi connectivity index (χ0n) is 13.4. The van der Waals surface area contributed by atoms with Gasteiger partial charge in [0.15, 0.2) is 5.72 Å². The SMILES string of the molecule is O=C1c2ccccc2[C@](O)(c2ccc(Cl)cc2)N1Cc1ccccc1. The number of hydrogen-bond donors (Lipinski definition) is 1. The van der Waals surface area contributed by atoms with Crippen LogP contribution in [0.25, 0.3) is 0 Å². The lowest BCUT2D eigenvalue weighted by Crippen LogP contribution is -2.44. The van der Waals surface area contributed by atoms with Crippen molar-refractivity contribution in [1.29, 1.82) is 0 Å². The Balaban J connectivity index is 1.87. The van der Waals surface area contributed by atoms with Crippen LogP contribution in [0.15, 0.2) is 78.9 Å². The minimum atomic E-state index is -1.52. The van der Waals surface area contributed by atoms with E-state index in [0.29, 0.717) is 28.3 Å². The van der Waals surface area contributed by atoms with Crippen LogP contribution in [-0.2, 0) is 12.3 Å². The standard InChI is InChI=1S/C21H16ClNO2/c22-17-12-10-16(11-13-17)21(25)19-9-5-4-8-18(19)20(24)23(21)14-15-6-2-1-3-7-15/h1-13,25H,14H2/t21-/m1/s1. The van der Waals surface area contributed by atoms with Gasteiger partial charge in [-0.1, -0.05) is 72.3 Å². The van der Waals surface area contributed by atoms with Gasteiger partial charge in [0.05, 0.1) is 0 Å². The third-order valence-corrected chi connectivity index (χ3v) is 4.85. The zero-order chi connectivity index (χ0) is 17.4. The van der Waals surface area contributed by atoms with E-state index in [0.717, 1.165) is 5.56 Å². The molecular weight excluding hydrogens is 334 g/mol. The van der Waals surface area contributed by atoms with Crippen molar-refractivity contribution in [1.82, 2.24) is 4.90 Å². The Kier molecular flexibility index (Phi) is 3.83. The Morgan fingerprint density at radius 3 is 2.24 bits per heavy atom. The summed E-state index contributed by atoms with van der Waals surface area (Å²) in [6, 6.07) is 23.8. The normalized spacial score (nSPS) is 19.1. The molecular formula is C21H16ClNO2. The molecule has 3 aromatic carbocycles. The molecule has 0 saturated heterocycles. The molecule has 3 aromatic rings. The second kappa shape index (κ2) is 6.03. The molecule has 4 rings (SSSR count). The molecule has 1 N–H and O–H groups in total. The Labute approximate surface area is 151 Å². The highest BCUT2D eigenvalue weighted by molar-refractivity contribution is 6.30. The number of amides is 1. The van der Waals surface area contributed by atoms with E-state index in [9.17, 15) is 9.90 Å². The summed E-state index contributed by atoms with van der Waals surface area (Å²) < 4.78 is 0. The average Bonchev–Trinajstić information content (AvgIpc) is 2.86. The maximum absolute atomic E-state index is 13.0. The fraction of sp³-hybridized carbons (Fsp3) is 0.0952. The largest absolute Gasteiger partial charge is 0.363 e. The van der Waals surface area contributed by atoms with E-state index in [1.807, 2.05) is 42.5 Å². The molecule has 4 heteroatoms. The molecule has 124 valence electrons. The maximum atomic E-state index is 13.0. The molecule has 0 aromatic heterocycles. The number of carbonyl (C=O) groups excluding carboxylic acids is 1. The van der Waals surface area contributed by atoms with E-state index in [2.05, 4.69) is 0 Å². The van der Waals surface area contributed by atoms with E-state index >= 15 is 0 Å². The van der Waals surface area contributed by atoms with Crippen molar-refractivity contribution in [2.24, 2.45) is 0 Å². The Hall–Kier alpha value is -2.62. The fourth-order valence-corrected chi connectivity index (χ4v) is 3.48. The van der Waals surface area contributed by atoms with Gasteiger partial charge in [0.2, 0.25) is 0 Å². The summed E-state index contributed by atoms with van der Waals surface area (Å²) in [6.07, 6.45) is 0. The summed E-state index contributed by atoms with van der Waals surface area (Å²) in [6.45, 7) is 0.313. The zero-order valence-corrected chi connectivity index (χ0v) is 14.1. The molecule has 1 aliphatic heterocycles. The second-order valence-corrected chi connectivity index (χ2v) is 6.54. The highest BCUT2D eigenvalue weighted by atomic mass is 35.5. The molecule has 25 heavy (non-hydrogen) atoms. The third kappa shape index (κ3) is 2.53. The van der Waals surface area contributed by atoms with Crippen molar-refractivity contribution in [2.75, 3.05) is 0 Å². The molecule has 0 spiro atoms. The minimum absolute atomic E-state index is 0.183. The van der Waals surface area contributed by atoms with E-state index in [-0.39, 0.29) is 5.91 Å². The number of fused-ring (bicyclic) bond motifs is 1. The van der Waals surface area contributed by atoms with Crippen molar-refractivity contribution in [3.63, 3.8) is 0 Å². The van der Waals surface area contributed by atoms with Gasteiger partial charge < -0.3 is 5.11 Å². The van der Waals surface area contributed by atoms with Crippen LogP contribution in [0, 0.1) is 0 Å². The van der Waals surface area contributed by atoms with Crippen LogP contribution >= 0.6 is 11.6 Å². The first-order chi connectivity index (χ1) is 12.1. The number of nitrogens with zero attached hydrogens (tertiary/aromatic N) is 1. The number of rotatable bonds is 3. The van der Waals surface area contributed by atoms with Gasteiger partial charge >= 0.3 is 0 Å². The van der Waals surface area contributed by atoms with E-state index < -0.39 is 5.72 Å². The van der Waals surface area contributed by atoms with Crippen LogP contribution in [0.1, 0.15) is 27.0 Å². The number of hydrogen-bond acceptors (Lipinski definition) is 2. The first kappa shape index (κ1) is 15.9. The quantitative estimate of drug-likeness (QED) is 0.770. The van der Waals surface area contributed by atoms with Gasteiger partial charge in [-0.2, -0.15) is 0 Å². The number of carbonyl (C=O) groups is 1. The van der Waals surface area contributed by atoms with Crippen molar-refractivity contribution in [2.45, 2.75) is 12.3 Å². The molecule has 1 aliphatic rings. The summed E-state index contributed by atoms with van der Waals surface area (Å²) in [7, 11) is 0. The lowest BCUT2D eigenvalue weighted by atomic mass is 9.93. The molecule has 0 bridgehead atoms. The van der Waals surface area contributed by atoms with E-state index in [4.69, 9.17) is 11.6 Å². The van der Waals surface area contributed by atoms with Crippen LogP contribution < -0.4 is 0 Å². The molecule has 1 atom stereocenters. The number of benzene rings is 3.